The Bertz CT molecular complexity index is 906. The van der Waals surface area contributed by atoms with Crippen molar-refractivity contribution in [1.29, 1.82) is 0 Å². The van der Waals surface area contributed by atoms with E-state index in [0.29, 0.717) is 16.9 Å². The average Bonchev–Trinajstić information content (AvgIpc) is 2.86. The monoisotopic (exact) mass is 312 g/mol. The molecule has 0 N–H and O–H groups in total. The molecule has 0 aliphatic heterocycles. The van der Waals surface area contributed by atoms with Gasteiger partial charge in [0, 0.05) is 12.1 Å². The fourth-order valence-electron chi connectivity index (χ4n) is 2.16. The Morgan fingerprint density at radius 1 is 1.23 bits per heavy atom. The van der Waals surface area contributed by atoms with Crippen LogP contribution >= 0.6 is 11.3 Å². The molecule has 110 valence electrons. The van der Waals surface area contributed by atoms with Crippen molar-refractivity contribution in [3.8, 4) is 0 Å². The lowest BCUT2D eigenvalue weighted by Crippen LogP contribution is -2.16. The summed E-state index contributed by atoms with van der Waals surface area (Å²) < 4.78 is 15.9. The summed E-state index contributed by atoms with van der Waals surface area (Å²) in [6, 6.07) is 13.2. The number of halogens is 1. The summed E-state index contributed by atoms with van der Waals surface area (Å²) in [5.41, 5.74) is 1.38. The Kier molecular flexibility index (Phi) is 3.98. The van der Waals surface area contributed by atoms with Crippen LogP contribution in [0.5, 0.6) is 0 Å². The van der Waals surface area contributed by atoms with E-state index in [2.05, 4.69) is 11.6 Å². The zero-order valence-corrected chi connectivity index (χ0v) is 12.5. The molecule has 1 aromatic heterocycles. The average molecular weight is 312 g/mol. The van der Waals surface area contributed by atoms with Crippen LogP contribution in [-0.4, -0.2) is 10.5 Å². The van der Waals surface area contributed by atoms with Crippen LogP contribution in [0.15, 0.2) is 66.2 Å². The summed E-state index contributed by atoms with van der Waals surface area (Å²) >= 11 is 1.44. The van der Waals surface area contributed by atoms with Crippen LogP contribution < -0.4 is 4.80 Å². The van der Waals surface area contributed by atoms with Crippen molar-refractivity contribution < 1.29 is 9.18 Å². The Morgan fingerprint density at radius 3 is 2.68 bits per heavy atom. The third-order valence-corrected chi connectivity index (χ3v) is 4.25. The highest BCUT2D eigenvalue weighted by atomic mass is 32.1. The van der Waals surface area contributed by atoms with Gasteiger partial charge in [0.15, 0.2) is 4.80 Å². The molecule has 0 aliphatic carbocycles. The minimum Gasteiger partial charge on any atom is -0.312 e. The molecule has 0 unspecified atom stereocenters. The predicted molar refractivity (Wildman–Crippen MR) is 86.3 cm³/mol. The standard InChI is InChI=1S/C17H13FN2OS/c1-2-11-20-14-5-3-4-6-15(14)22-17(20)19-16(21)12-7-9-13(18)10-8-12/h2-10H,1,11H2. The van der Waals surface area contributed by atoms with Gasteiger partial charge in [-0.25, -0.2) is 4.39 Å². The number of amides is 1. The van der Waals surface area contributed by atoms with Gasteiger partial charge >= 0.3 is 0 Å². The lowest BCUT2D eigenvalue weighted by molar-refractivity contribution is 0.0998. The summed E-state index contributed by atoms with van der Waals surface area (Å²) in [5.74, 6) is -0.760. The summed E-state index contributed by atoms with van der Waals surface area (Å²) in [7, 11) is 0. The molecule has 22 heavy (non-hydrogen) atoms. The SMILES string of the molecule is C=CCn1c(=NC(=O)c2ccc(F)cc2)sc2ccccc21. The summed E-state index contributed by atoms with van der Waals surface area (Å²) in [6.45, 7) is 4.32. The number of nitrogens with zero attached hydrogens (tertiary/aromatic N) is 2. The first-order chi connectivity index (χ1) is 10.7. The van der Waals surface area contributed by atoms with Gasteiger partial charge in [0.05, 0.1) is 10.2 Å². The maximum absolute atomic E-state index is 12.9. The maximum atomic E-state index is 12.9. The second-order valence-corrected chi connectivity index (χ2v) is 5.68. The summed E-state index contributed by atoms with van der Waals surface area (Å²) in [5, 5.41) is 0. The van der Waals surface area contributed by atoms with Crippen LogP contribution in [0.1, 0.15) is 10.4 Å². The van der Waals surface area contributed by atoms with E-state index < -0.39 is 0 Å². The van der Waals surface area contributed by atoms with Crippen molar-refractivity contribution in [1.82, 2.24) is 4.57 Å². The number of fused-ring (bicyclic) bond motifs is 1. The van der Waals surface area contributed by atoms with E-state index in [1.165, 1.54) is 35.6 Å². The number of hydrogen-bond donors (Lipinski definition) is 0. The molecule has 0 spiro atoms. The van der Waals surface area contributed by atoms with Crippen LogP contribution in [0, 0.1) is 5.82 Å². The molecule has 1 heterocycles. The minimum absolute atomic E-state index is 0.365. The molecule has 0 saturated carbocycles. The van der Waals surface area contributed by atoms with Crippen molar-refractivity contribution in [3.63, 3.8) is 0 Å². The number of carbonyl (C=O) groups is 1. The van der Waals surface area contributed by atoms with Crippen molar-refractivity contribution >= 4 is 27.5 Å². The van der Waals surface area contributed by atoms with Crippen molar-refractivity contribution in [3.05, 3.63) is 77.4 Å². The molecule has 0 aliphatic rings. The number of thiazole rings is 1. The molecular weight excluding hydrogens is 299 g/mol. The highest BCUT2D eigenvalue weighted by Crippen LogP contribution is 2.16. The number of carbonyl (C=O) groups excluding carboxylic acids is 1. The van der Waals surface area contributed by atoms with E-state index in [1.54, 1.807) is 6.08 Å². The molecule has 0 bridgehead atoms. The van der Waals surface area contributed by atoms with Crippen LogP contribution in [0.25, 0.3) is 10.2 Å². The van der Waals surface area contributed by atoms with Gasteiger partial charge < -0.3 is 4.57 Å². The quantitative estimate of drug-likeness (QED) is 0.678. The molecule has 0 saturated heterocycles. The number of benzene rings is 2. The molecule has 1 amide bonds. The van der Waals surface area contributed by atoms with Gasteiger partial charge in [0.1, 0.15) is 5.82 Å². The fourth-order valence-corrected chi connectivity index (χ4v) is 3.19. The highest BCUT2D eigenvalue weighted by molar-refractivity contribution is 7.16. The van der Waals surface area contributed by atoms with Crippen molar-refractivity contribution in [2.24, 2.45) is 4.99 Å². The van der Waals surface area contributed by atoms with Gasteiger partial charge in [0.2, 0.25) is 0 Å². The topological polar surface area (TPSA) is 34.4 Å². The first-order valence-electron chi connectivity index (χ1n) is 6.73. The van der Waals surface area contributed by atoms with Crippen molar-refractivity contribution in [2.45, 2.75) is 6.54 Å². The van der Waals surface area contributed by atoms with E-state index in [1.807, 2.05) is 28.8 Å². The van der Waals surface area contributed by atoms with Crippen LogP contribution in [0.4, 0.5) is 4.39 Å². The lowest BCUT2D eigenvalue weighted by Gasteiger charge is -2.00. The molecule has 0 atom stereocenters. The van der Waals surface area contributed by atoms with Gasteiger partial charge in [-0.05, 0) is 36.4 Å². The van der Waals surface area contributed by atoms with Gasteiger partial charge in [0.25, 0.3) is 5.91 Å². The molecule has 3 aromatic rings. The van der Waals surface area contributed by atoms with Crippen LogP contribution in [0.2, 0.25) is 0 Å². The summed E-state index contributed by atoms with van der Waals surface area (Å²) in [6.07, 6.45) is 1.76. The van der Waals surface area contributed by atoms with E-state index >= 15 is 0 Å². The maximum Gasteiger partial charge on any atom is 0.279 e. The third-order valence-electron chi connectivity index (χ3n) is 3.19. The zero-order valence-electron chi connectivity index (χ0n) is 11.7. The second kappa shape index (κ2) is 6.07. The first kappa shape index (κ1) is 14.4. The lowest BCUT2D eigenvalue weighted by atomic mass is 10.2. The number of allylic oxidation sites excluding steroid dienone is 1. The van der Waals surface area contributed by atoms with E-state index in [4.69, 9.17) is 0 Å². The number of hydrogen-bond acceptors (Lipinski definition) is 2. The fraction of sp³-hybridized carbons (Fsp3) is 0.0588. The molecular formula is C17H13FN2OS. The molecule has 3 rings (SSSR count). The summed E-state index contributed by atoms with van der Waals surface area (Å²) in [4.78, 5) is 17.0. The normalized spacial score (nSPS) is 11.8. The molecule has 0 radical (unpaired) electrons. The highest BCUT2D eigenvalue weighted by Gasteiger charge is 2.08. The first-order valence-corrected chi connectivity index (χ1v) is 7.54. The Hall–Kier alpha value is -2.53. The predicted octanol–water partition coefficient (Wildman–Crippen LogP) is 3.77. The van der Waals surface area contributed by atoms with Gasteiger partial charge in [-0.1, -0.05) is 29.5 Å². The van der Waals surface area contributed by atoms with E-state index in [9.17, 15) is 9.18 Å². The third kappa shape index (κ3) is 2.76. The van der Waals surface area contributed by atoms with Crippen molar-refractivity contribution in [2.75, 3.05) is 0 Å². The Morgan fingerprint density at radius 2 is 1.95 bits per heavy atom. The number of rotatable bonds is 3. The Balaban J connectivity index is 2.11. The van der Waals surface area contributed by atoms with Gasteiger partial charge in [-0.3, -0.25) is 4.79 Å². The second-order valence-electron chi connectivity index (χ2n) is 4.68. The number of aromatic nitrogens is 1. The molecule has 3 nitrogen and oxygen atoms in total. The molecule has 5 heteroatoms. The smallest absolute Gasteiger partial charge is 0.279 e. The van der Waals surface area contributed by atoms with E-state index in [-0.39, 0.29) is 11.7 Å². The molecule has 0 fully saturated rings. The van der Waals surface area contributed by atoms with Gasteiger partial charge in [-0.2, -0.15) is 4.99 Å². The van der Waals surface area contributed by atoms with Crippen LogP contribution in [0.3, 0.4) is 0 Å². The van der Waals surface area contributed by atoms with Gasteiger partial charge in [-0.15, -0.1) is 6.58 Å². The largest absolute Gasteiger partial charge is 0.312 e. The minimum atomic E-state index is -0.385. The number of para-hydroxylation sites is 1. The van der Waals surface area contributed by atoms with E-state index in [0.717, 1.165) is 10.2 Å². The van der Waals surface area contributed by atoms with Crippen LogP contribution in [-0.2, 0) is 6.54 Å². The molecule has 2 aromatic carbocycles. The zero-order chi connectivity index (χ0) is 15.5. The Labute approximate surface area is 130 Å².